The lowest BCUT2D eigenvalue weighted by atomic mass is 9.90. The van der Waals surface area contributed by atoms with Gasteiger partial charge in [-0.15, -0.1) is 0 Å². The number of ether oxygens (including phenoxy) is 6. The van der Waals surface area contributed by atoms with Gasteiger partial charge in [0.25, 0.3) is 0 Å². The Bertz CT molecular complexity index is 802. The Morgan fingerprint density at radius 1 is 0.944 bits per heavy atom. The van der Waals surface area contributed by atoms with E-state index in [9.17, 15) is 45.0 Å². The summed E-state index contributed by atoms with van der Waals surface area (Å²) in [6, 6.07) is 0. The molecule has 0 radical (unpaired) electrons. The molecule has 2 rings (SSSR count). The second kappa shape index (κ2) is 12.8. The molecule has 5 unspecified atom stereocenters. The number of carboxylic acids is 2. The van der Waals surface area contributed by atoms with Crippen molar-refractivity contribution in [3.05, 3.63) is 12.2 Å². The Morgan fingerprint density at radius 2 is 1.53 bits per heavy atom. The summed E-state index contributed by atoms with van der Waals surface area (Å²) in [5.41, 5.74) is 0.0374. The first-order valence-corrected chi connectivity index (χ1v) is 10.9. The summed E-state index contributed by atoms with van der Waals surface area (Å²) >= 11 is 0. The quantitative estimate of drug-likeness (QED) is 0.119. The number of methoxy groups -OCH3 is 1. The Morgan fingerprint density at radius 3 is 2.03 bits per heavy atom. The van der Waals surface area contributed by atoms with Gasteiger partial charge in [0, 0.05) is 18.6 Å². The van der Waals surface area contributed by atoms with Crippen LogP contribution in [0.3, 0.4) is 0 Å². The predicted molar refractivity (Wildman–Crippen MR) is 113 cm³/mol. The van der Waals surface area contributed by atoms with E-state index in [4.69, 9.17) is 28.4 Å². The van der Waals surface area contributed by atoms with Gasteiger partial charge in [0.1, 0.15) is 30.5 Å². The van der Waals surface area contributed by atoms with E-state index in [0.717, 1.165) is 7.11 Å². The zero-order valence-corrected chi connectivity index (χ0v) is 19.8. The van der Waals surface area contributed by atoms with Crippen LogP contribution in [-0.2, 0) is 42.8 Å². The number of carboxylic acid groups (broad SMARTS) is 2. The van der Waals surface area contributed by atoms with Crippen molar-refractivity contribution in [3.63, 3.8) is 0 Å². The molecule has 6 N–H and O–H groups in total. The maximum Gasteiger partial charge on any atom is 0.335 e. The number of hydrogen-bond acceptors (Lipinski definition) is 13. The van der Waals surface area contributed by atoms with Crippen molar-refractivity contribution in [2.24, 2.45) is 5.92 Å². The number of rotatable bonds is 11. The lowest BCUT2D eigenvalue weighted by molar-refractivity contribution is -0.349. The Kier molecular flexibility index (Phi) is 10.7. The van der Waals surface area contributed by atoms with E-state index >= 15 is 0 Å². The van der Waals surface area contributed by atoms with Gasteiger partial charge in [0.2, 0.25) is 0 Å². The second-order valence-electron chi connectivity index (χ2n) is 8.48. The Balaban J connectivity index is 2.32. The third kappa shape index (κ3) is 6.76. The minimum atomic E-state index is -1.88. The molecular weight excluding hydrogens is 492 g/mol. The minimum absolute atomic E-state index is 0.0374. The summed E-state index contributed by atoms with van der Waals surface area (Å²) in [5.74, 6) is -4.94. The standard InChI is InChI=1S/C21H32O15/c1-7(2)19(30)33-9(5-22)6-32-14-12(25)20(31-4)36-16(18(28)29)15(14)35-21-11(24)10(23)8(3)13(34-21)17(26)27/h8-16,20-25H,1,5-6H2,2-4H3,(H,26,27)(H,28,29)/t8-,9?,10+,11?,12?,13?,14-,15-,16?,20-,21+/m1/s1. The molecule has 0 bridgehead atoms. The van der Waals surface area contributed by atoms with Crippen LogP contribution in [0.4, 0.5) is 0 Å². The van der Waals surface area contributed by atoms with Crippen molar-refractivity contribution in [1.82, 2.24) is 0 Å². The van der Waals surface area contributed by atoms with Gasteiger partial charge in [0.05, 0.1) is 19.3 Å². The monoisotopic (exact) mass is 524 g/mol. The molecule has 2 aliphatic rings. The number of carbonyl (C=O) groups excluding carboxylic acids is 1. The van der Waals surface area contributed by atoms with E-state index in [1.165, 1.54) is 13.8 Å². The molecule has 11 atom stereocenters. The molecule has 0 amide bonds. The first-order chi connectivity index (χ1) is 16.8. The highest BCUT2D eigenvalue weighted by Crippen LogP contribution is 2.32. The van der Waals surface area contributed by atoms with E-state index in [2.05, 4.69) is 6.58 Å². The zero-order valence-electron chi connectivity index (χ0n) is 19.8. The molecule has 2 aliphatic heterocycles. The maximum atomic E-state index is 11.9. The summed E-state index contributed by atoms with van der Waals surface area (Å²) in [7, 11) is 1.12. The number of aliphatic hydroxyl groups is 4. The summed E-state index contributed by atoms with van der Waals surface area (Å²) in [4.78, 5) is 35.2. The van der Waals surface area contributed by atoms with E-state index in [1.807, 2.05) is 0 Å². The van der Waals surface area contributed by atoms with Crippen LogP contribution in [-0.4, -0.2) is 130 Å². The Labute approximate surface area is 205 Å². The highest BCUT2D eigenvalue weighted by molar-refractivity contribution is 5.87. The van der Waals surface area contributed by atoms with Crippen molar-refractivity contribution in [2.75, 3.05) is 20.3 Å². The van der Waals surface area contributed by atoms with Crippen molar-refractivity contribution < 1.29 is 73.4 Å². The molecule has 0 spiro atoms. The van der Waals surface area contributed by atoms with Gasteiger partial charge in [-0.05, 0) is 6.92 Å². The van der Waals surface area contributed by atoms with Crippen LogP contribution < -0.4 is 0 Å². The number of hydrogen-bond donors (Lipinski definition) is 6. The molecule has 0 aromatic heterocycles. The molecule has 2 fully saturated rings. The van der Waals surface area contributed by atoms with Gasteiger partial charge in [0.15, 0.2) is 24.8 Å². The number of aliphatic carboxylic acids is 2. The van der Waals surface area contributed by atoms with Crippen LogP contribution in [0.2, 0.25) is 0 Å². The molecule has 2 heterocycles. The van der Waals surface area contributed by atoms with Gasteiger partial charge < -0.3 is 59.1 Å². The summed E-state index contributed by atoms with van der Waals surface area (Å²) in [6.07, 6.45) is -16.6. The second-order valence-corrected chi connectivity index (χ2v) is 8.48. The van der Waals surface area contributed by atoms with E-state index in [0.29, 0.717) is 0 Å². The molecule has 0 aliphatic carbocycles. The van der Waals surface area contributed by atoms with Crippen LogP contribution in [0.5, 0.6) is 0 Å². The fourth-order valence-electron chi connectivity index (χ4n) is 3.70. The molecule has 2 saturated heterocycles. The minimum Gasteiger partial charge on any atom is -0.479 e. The first-order valence-electron chi connectivity index (χ1n) is 10.9. The highest BCUT2D eigenvalue weighted by atomic mass is 16.7. The molecule has 0 aromatic rings. The van der Waals surface area contributed by atoms with Crippen LogP contribution in [0.25, 0.3) is 0 Å². The average molecular weight is 524 g/mol. The third-order valence-electron chi connectivity index (χ3n) is 5.75. The van der Waals surface area contributed by atoms with E-state index < -0.39 is 98.5 Å². The van der Waals surface area contributed by atoms with E-state index in [-0.39, 0.29) is 5.57 Å². The molecule has 0 aromatic carbocycles. The van der Waals surface area contributed by atoms with Gasteiger partial charge in [-0.25, -0.2) is 14.4 Å². The molecule has 15 heteroatoms. The SMILES string of the molecule is C=C(C)C(=O)OC(CO)CO[C@@H]1C(O)[C@H](OC)OC(C(=O)O)[C@@H]1O[C@@H]1OC(C(=O)O)[C@H](C)[C@H](O)C1O. The third-order valence-corrected chi connectivity index (χ3v) is 5.75. The molecular formula is C21H32O15. The van der Waals surface area contributed by atoms with Crippen molar-refractivity contribution >= 4 is 17.9 Å². The predicted octanol–water partition coefficient (Wildman–Crippen LogP) is -2.78. The van der Waals surface area contributed by atoms with E-state index in [1.54, 1.807) is 0 Å². The average Bonchev–Trinajstić information content (AvgIpc) is 2.82. The summed E-state index contributed by atoms with van der Waals surface area (Å²) < 4.78 is 31.6. The fourth-order valence-corrected chi connectivity index (χ4v) is 3.70. The Hall–Kier alpha value is -2.21. The summed E-state index contributed by atoms with van der Waals surface area (Å²) in [6.45, 7) is 4.86. The van der Waals surface area contributed by atoms with Gasteiger partial charge in [-0.3, -0.25) is 0 Å². The highest BCUT2D eigenvalue weighted by Gasteiger charge is 2.54. The molecule has 36 heavy (non-hydrogen) atoms. The largest absolute Gasteiger partial charge is 0.479 e. The van der Waals surface area contributed by atoms with Crippen LogP contribution in [0, 0.1) is 5.92 Å². The van der Waals surface area contributed by atoms with Gasteiger partial charge in [-0.1, -0.05) is 13.5 Å². The fraction of sp³-hybridized carbons (Fsp3) is 0.762. The topological polar surface area (TPSA) is 228 Å². The van der Waals surface area contributed by atoms with Crippen molar-refractivity contribution in [3.8, 4) is 0 Å². The zero-order chi connectivity index (χ0) is 27.3. The normalized spacial score (nSPS) is 37.6. The number of carbonyl (C=O) groups is 3. The molecule has 206 valence electrons. The lowest BCUT2D eigenvalue weighted by Gasteiger charge is -2.46. The smallest absolute Gasteiger partial charge is 0.335 e. The van der Waals surface area contributed by atoms with Gasteiger partial charge in [-0.2, -0.15) is 0 Å². The molecule has 15 nitrogen and oxygen atoms in total. The summed E-state index contributed by atoms with van der Waals surface area (Å²) in [5, 5.41) is 60.0. The van der Waals surface area contributed by atoms with Crippen LogP contribution in [0.1, 0.15) is 13.8 Å². The van der Waals surface area contributed by atoms with Crippen molar-refractivity contribution in [2.45, 2.75) is 75.3 Å². The maximum absolute atomic E-state index is 11.9. The number of esters is 1. The van der Waals surface area contributed by atoms with Gasteiger partial charge >= 0.3 is 17.9 Å². The lowest BCUT2D eigenvalue weighted by Crippen LogP contribution is -2.65. The first kappa shape index (κ1) is 30.0. The van der Waals surface area contributed by atoms with Crippen LogP contribution >= 0.6 is 0 Å². The van der Waals surface area contributed by atoms with Crippen molar-refractivity contribution in [1.29, 1.82) is 0 Å². The number of aliphatic hydroxyl groups excluding tert-OH is 4. The molecule has 0 saturated carbocycles. The van der Waals surface area contributed by atoms with Crippen LogP contribution in [0.15, 0.2) is 12.2 Å².